The predicted octanol–water partition coefficient (Wildman–Crippen LogP) is 5.94. The summed E-state index contributed by atoms with van der Waals surface area (Å²) in [6, 6.07) is 25.4. The summed E-state index contributed by atoms with van der Waals surface area (Å²) in [5, 5.41) is 3.49. The molecular weight excluding hydrogens is 569 g/mol. The zero-order chi connectivity index (χ0) is 24.6. The molecule has 0 atom stereocenters. The van der Waals surface area contributed by atoms with Crippen LogP contribution in [0.15, 0.2) is 78.9 Å². The van der Waals surface area contributed by atoms with Gasteiger partial charge in [0.1, 0.15) is 23.2 Å². The number of esters is 2. The Hall–Kier alpha value is -1.29. The monoisotopic (exact) mass is 589 g/mol. The van der Waals surface area contributed by atoms with Crippen LogP contribution in [0.1, 0.15) is 20.7 Å². The molecule has 0 saturated heterocycles. The second-order valence-electron chi connectivity index (χ2n) is 6.72. The van der Waals surface area contributed by atoms with Gasteiger partial charge < -0.3 is 9.47 Å². The van der Waals surface area contributed by atoms with Gasteiger partial charge in [-0.05, 0) is 60.7 Å². The van der Waals surface area contributed by atoms with Crippen LogP contribution >= 0.6 is 47.7 Å². The minimum atomic E-state index is -2.61. The molecule has 0 aliphatic rings. The fraction of sp³-hybridized carbons (Fsp3) is 0.130. The van der Waals surface area contributed by atoms with E-state index in [0.29, 0.717) is 11.1 Å². The molecule has 0 spiro atoms. The molecule has 0 aromatic heterocycles. The summed E-state index contributed by atoms with van der Waals surface area (Å²) in [5.74, 6) is -0.706. The number of methoxy groups -OCH3 is 2. The Kier molecular flexibility index (Phi) is 10.5. The van der Waals surface area contributed by atoms with E-state index in [1.54, 1.807) is 24.3 Å². The Labute approximate surface area is 213 Å². The van der Waals surface area contributed by atoms with Crippen LogP contribution in [0.4, 0.5) is 0 Å². The Morgan fingerprint density at radius 2 is 0.939 bits per heavy atom. The summed E-state index contributed by atoms with van der Waals surface area (Å²) in [5.41, 5.74) is 1.04. The quantitative estimate of drug-likeness (QED) is 0.210. The van der Waals surface area contributed by atoms with E-state index in [0.717, 1.165) is 10.6 Å². The van der Waals surface area contributed by atoms with Crippen molar-refractivity contribution in [1.82, 2.24) is 0 Å². The summed E-state index contributed by atoms with van der Waals surface area (Å²) in [6.45, 7) is 2.24. The normalized spacial score (nSPS) is 11.6. The summed E-state index contributed by atoms with van der Waals surface area (Å²) in [4.78, 5) is 23.6. The molecule has 0 saturated carbocycles. The zero-order valence-corrected chi connectivity index (χ0v) is 23.0. The molecule has 179 valence electrons. The number of ether oxygens (including phenoxy) is 2. The Balaban J connectivity index is 0.000000696. The van der Waals surface area contributed by atoms with Crippen molar-refractivity contribution < 1.29 is 28.3 Å². The molecule has 0 fully saturated rings. The van der Waals surface area contributed by atoms with Gasteiger partial charge in [-0.25, -0.2) is 9.59 Å². The van der Waals surface area contributed by atoms with Crippen molar-refractivity contribution in [2.24, 2.45) is 0 Å². The Bertz CT molecular complexity index is 1010. The predicted molar refractivity (Wildman–Crippen MR) is 137 cm³/mol. The average Bonchev–Trinajstić information content (AvgIpc) is 2.82. The molecule has 0 aliphatic heterocycles. The van der Waals surface area contributed by atoms with E-state index in [4.69, 9.17) is 49.9 Å². The molecule has 3 aromatic rings. The van der Waals surface area contributed by atoms with E-state index in [-0.39, 0.29) is 11.9 Å². The van der Waals surface area contributed by atoms with Crippen LogP contribution in [0.25, 0.3) is 0 Å². The van der Waals surface area contributed by atoms with Crippen molar-refractivity contribution in [2.75, 3.05) is 20.9 Å². The first-order valence-corrected chi connectivity index (χ1v) is 17.7. The van der Waals surface area contributed by atoms with Gasteiger partial charge in [0.15, 0.2) is 0 Å². The van der Waals surface area contributed by atoms with Gasteiger partial charge in [-0.1, -0.05) is 18.2 Å². The van der Waals surface area contributed by atoms with E-state index >= 15 is 0 Å². The molecular formula is C23H22Cl4FeO4P. The van der Waals surface area contributed by atoms with Crippen LogP contribution in [-0.4, -0.2) is 32.8 Å². The van der Waals surface area contributed by atoms with E-state index in [1.165, 1.54) is 19.5 Å². The van der Waals surface area contributed by atoms with Gasteiger partial charge in [0, 0.05) is 0 Å². The van der Waals surface area contributed by atoms with E-state index in [2.05, 4.69) is 18.8 Å². The number of halogens is 4. The molecule has 0 heterocycles. The van der Waals surface area contributed by atoms with Crippen molar-refractivity contribution in [3.8, 4) is 0 Å². The summed E-state index contributed by atoms with van der Waals surface area (Å²) < 4.78 is 9.61. The minimum absolute atomic E-state index is 0.353. The zero-order valence-electron chi connectivity index (χ0n) is 18.0. The van der Waals surface area contributed by atoms with Crippen LogP contribution in [0, 0.1) is 0 Å². The number of carbonyl (C=O) groups excluding carboxylic acids is 2. The van der Waals surface area contributed by atoms with Crippen molar-refractivity contribution >= 4 is 75.5 Å². The van der Waals surface area contributed by atoms with Gasteiger partial charge in [0.25, 0.3) is 0 Å². The SMILES string of the molecule is COC(=O)c1ccc([P+](C)(c2ccccc2)c2ccc(C(=O)OC)cc2)cc1.[Cl][Fe-]([Cl])([Cl])[Cl]. The number of hydrogen-bond donors (Lipinski definition) is 0. The second kappa shape index (κ2) is 12.4. The number of hydrogen-bond acceptors (Lipinski definition) is 4. The fourth-order valence-corrected chi connectivity index (χ4v) is 6.35. The number of benzene rings is 3. The molecule has 10 heteroatoms. The van der Waals surface area contributed by atoms with Crippen molar-refractivity contribution in [3.63, 3.8) is 0 Å². The average molecular weight is 591 g/mol. The number of rotatable bonds is 5. The first kappa shape index (κ1) is 28.0. The third kappa shape index (κ3) is 7.87. The molecule has 33 heavy (non-hydrogen) atoms. The molecule has 0 aliphatic carbocycles. The second-order valence-corrected chi connectivity index (χ2v) is 21.2. The fourth-order valence-electron chi connectivity index (χ4n) is 3.20. The number of carbonyl (C=O) groups is 2. The molecule has 0 radical (unpaired) electrons. The van der Waals surface area contributed by atoms with Gasteiger partial charge in [-0.15, -0.1) is 0 Å². The maximum absolute atomic E-state index is 11.8. The van der Waals surface area contributed by atoms with Crippen molar-refractivity contribution in [3.05, 3.63) is 90.0 Å². The third-order valence-corrected chi connectivity index (χ3v) is 8.88. The Morgan fingerprint density at radius 3 is 1.24 bits per heavy atom. The summed E-state index contributed by atoms with van der Waals surface area (Å²) in [7, 11) is 18.0. The van der Waals surface area contributed by atoms with Crippen LogP contribution in [-0.2, 0) is 18.7 Å². The molecule has 0 amide bonds. The first-order valence-electron chi connectivity index (χ1n) is 9.34. The third-order valence-electron chi connectivity index (χ3n) is 4.88. The topological polar surface area (TPSA) is 52.6 Å². The maximum atomic E-state index is 11.8. The van der Waals surface area contributed by atoms with Gasteiger partial charge >= 0.3 is 61.5 Å². The Morgan fingerprint density at radius 1 is 0.636 bits per heavy atom. The van der Waals surface area contributed by atoms with E-state index < -0.39 is 16.5 Å². The van der Waals surface area contributed by atoms with Gasteiger partial charge in [-0.3, -0.25) is 0 Å². The first-order chi connectivity index (χ1) is 15.5. The molecule has 3 rings (SSSR count). The molecule has 0 bridgehead atoms. The van der Waals surface area contributed by atoms with Crippen molar-refractivity contribution in [1.29, 1.82) is 0 Å². The van der Waals surface area contributed by atoms with Gasteiger partial charge in [0.05, 0.1) is 32.0 Å². The van der Waals surface area contributed by atoms with Crippen LogP contribution in [0.3, 0.4) is 0 Å². The van der Waals surface area contributed by atoms with Gasteiger partial charge in [0.2, 0.25) is 0 Å². The van der Waals surface area contributed by atoms with Crippen molar-refractivity contribution in [2.45, 2.75) is 0 Å². The van der Waals surface area contributed by atoms with Crippen LogP contribution < -0.4 is 15.9 Å². The molecule has 4 nitrogen and oxygen atoms in total. The van der Waals surface area contributed by atoms with E-state index in [9.17, 15) is 9.59 Å². The summed E-state index contributed by atoms with van der Waals surface area (Å²) >= 11 is 0. The van der Waals surface area contributed by atoms with Crippen LogP contribution in [0.5, 0.6) is 0 Å². The van der Waals surface area contributed by atoms with E-state index in [1.807, 2.05) is 42.5 Å². The standard InChI is InChI=1S/C23H22O4P.4ClH.Fe/c1-26-22(24)17-9-13-20(14-10-17)28(3,19-7-5-4-6-8-19)21-15-11-18(12-16-21)23(25)27-2;;;;;/h4-16H,1-3H3;4*1H;/q+1;;;;;+3/p-4. The summed E-state index contributed by atoms with van der Waals surface area (Å²) in [6.07, 6.45) is 0. The molecule has 0 unspecified atom stereocenters. The molecule has 0 N–H and O–H groups in total. The van der Waals surface area contributed by atoms with Gasteiger partial charge in [-0.2, -0.15) is 0 Å². The molecule has 3 aromatic carbocycles. The van der Waals surface area contributed by atoms with Crippen LogP contribution in [0.2, 0.25) is 0 Å².